The third-order valence-corrected chi connectivity index (χ3v) is 3.69. The van der Waals surface area contributed by atoms with E-state index in [9.17, 15) is 13.2 Å². The van der Waals surface area contributed by atoms with Gasteiger partial charge in [-0.1, -0.05) is 0 Å². The Kier molecular flexibility index (Phi) is 6.45. The zero-order valence-corrected chi connectivity index (χ0v) is 12.5. The number of aromatic amines is 1. The van der Waals surface area contributed by atoms with Crippen LogP contribution in [0.1, 0.15) is 24.2 Å². The van der Waals surface area contributed by atoms with Gasteiger partial charge in [0.25, 0.3) is 0 Å². The molecule has 1 aromatic rings. The Morgan fingerprint density at radius 3 is 2.76 bits per heavy atom. The average Bonchev–Trinajstić information content (AvgIpc) is 2.87. The second-order valence-corrected chi connectivity index (χ2v) is 5.02. The number of rotatable bonds is 4. The quantitative estimate of drug-likeness (QED) is 0.884. The van der Waals surface area contributed by atoms with Crippen LogP contribution in [0.4, 0.5) is 13.2 Å². The number of hydrogen-bond donors (Lipinski definition) is 2. The number of hydrogen-bond acceptors (Lipinski definition) is 4. The lowest BCUT2D eigenvalue weighted by atomic mass is 9.99. The number of ether oxygens (including phenoxy) is 1. The monoisotopic (exact) mass is 328 g/mol. The van der Waals surface area contributed by atoms with Gasteiger partial charge in [-0.3, -0.25) is 10.00 Å². The lowest BCUT2D eigenvalue weighted by Gasteiger charge is -2.38. The van der Waals surface area contributed by atoms with Crippen molar-refractivity contribution < 1.29 is 17.9 Å². The fourth-order valence-corrected chi connectivity index (χ4v) is 2.54. The van der Waals surface area contributed by atoms with Crippen molar-refractivity contribution >= 4 is 12.4 Å². The van der Waals surface area contributed by atoms with Crippen LogP contribution in [0.2, 0.25) is 0 Å². The minimum atomic E-state index is -4.41. The molecule has 21 heavy (non-hydrogen) atoms. The highest BCUT2D eigenvalue weighted by Gasteiger charge is 2.34. The number of H-pyrrole nitrogens is 1. The van der Waals surface area contributed by atoms with E-state index in [0.29, 0.717) is 18.8 Å². The summed E-state index contributed by atoms with van der Waals surface area (Å²) in [5.74, 6) is 0. The standard InChI is InChI=1S/C12H19F3N4O.ClH/c1-20-10-2-3-19(9(5-10)6-16)7-8-4-11(18-17-8)12(13,14)15;/h4,9-10H,2-3,5-7,16H2,1H3,(H,17,18);1H. The highest BCUT2D eigenvalue weighted by atomic mass is 35.5. The number of aromatic nitrogens is 2. The van der Waals surface area contributed by atoms with Gasteiger partial charge in [0, 0.05) is 38.5 Å². The van der Waals surface area contributed by atoms with Crippen LogP contribution in [0.3, 0.4) is 0 Å². The number of halogens is 4. The lowest BCUT2D eigenvalue weighted by molar-refractivity contribution is -0.141. The maximum atomic E-state index is 12.5. The Bertz CT molecular complexity index is 440. The molecule has 122 valence electrons. The van der Waals surface area contributed by atoms with Crippen LogP contribution in [0, 0.1) is 0 Å². The first kappa shape index (κ1) is 18.2. The van der Waals surface area contributed by atoms with Gasteiger partial charge in [-0.15, -0.1) is 12.4 Å². The summed E-state index contributed by atoms with van der Waals surface area (Å²) >= 11 is 0. The molecule has 1 fully saturated rings. The van der Waals surface area contributed by atoms with E-state index in [4.69, 9.17) is 10.5 Å². The molecular formula is C12H20ClF3N4O. The first-order valence-corrected chi connectivity index (χ1v) is 6.52. The SMILES string of the molecule is COC1CCN(Cc2cc(C(F)(F)F)n[nH]2)C(CN)C1.Cl. The van der Waals surface area contributed by atoms with E-state index in [1.165, 1.54) is 0 Å². The second-order valence-electron chi connectivity index (χ2n) is 5.02. The molecule has 2 unspecified atom stereocenters. The fourth-order valence-electron chi connectivity index (χ4n) is 2.54. The molecule has 0 saturated carbocycles. The van der Waals surface area contributed by atoms with Crippen molar-refractivity contribution in [3.63, 3.8) is 0 Å². The molecule has 1 saturated heterocycles. The zero-order chi connectivity index (χ0) is 14.8. The number of alkyl halides is 3. The van der Waals surface area contributed by atoms with Crippen LogP contribution in [0.15, 0.2) is 6.07 Å². The molecule has 0 amide bonds. The predicted octanol–water partition coefficient (Wildman–Crippen LogP) is 1.79. The molecule has 3 N–H and O–H groups in total. The smallest absolute Gasteiger partial charge is 0.381 e. The highest BCUT2D eigenvalue weighted by Crippen LogP contribution is 2.28. The van der Waals surface area contributed by atoms with Gasteiger partial charge in [0.05, 0.1) is 6.10 Å². The first-order valence-electron chi connectivity index (χ1n) is 6.52. The number of likely N-dealkylation sites (tertiary alicyclic amines) is 1. The summed E-state index contributed by atoms with van der Waals surface area (Å²) in [4.78, 5) is 2.07. The minimum Gasteiger partial charge on any atom is -0.381 e. The van der Waals surface area contributed by atoms with Crippen LogP contribution in [0.5, 0.6) is 0 Å². The number of piperidine rings is 1. The van der Waals surface area contributed by atoms with Gasteiger partial charge in [-0.2, -0.15) is 18.3 Å². The summed E-state index contributed by atoms with van der Waals surface area (Å²) < 4.78 is 42.8. The van der Waals surface area contributed by atoms with Gasteiger partial charge in [0.1, 0.15) is 0 Å². The minimum absolute atomic E-state index is 0. The van der Waals surface area contributed by atoms with Crippen molar-refractivity contribution in [3.05, 3.63) is 17.5 Å². The molecule has 5 nitrogen and oxygen atoms in total. The maximum absolute atomic E-state index is 12.5. The lowest BCUT2D eigenvalue weighted by Crippen LogP contribution is -2.48. The van der Waals surface area contributed by atoms with E-state index in [1.54, 1.807) is 7.11 Å². The molecule has 2 heterocycles. The molecule has 0 bridgehead atoms. The molecular weight excluding hydrogens is 309 g/mol. The number of methoxy groups -OCH3 is 1. The largest absolute Gasteiger partial charge is 0.435 e. The summed E-state index contributed by atoms with van der Waals surface area (Å²) in [6.07, 6.45) is -2.58. The molecule has 1 aliphatic heterocycles. The molecule has 1 aliphatic rings. The van der Waals surface area contributed by atoms with Crippen molar-refractivity contribution in [2.24, 2.45) is 5.73 Å². The first-order chi connectivity index (χ1) is 9.44. The molecule has 2 atom stereocenters. The molecule has 0 aromatic carbocycles. The molecule has 0 aliphatic carbocycles. The van der Waals surface area contributed by atoms with Crippen LogP contribution < -0.4 is 5.73 Å². The van der Waals surface area contributed by atoms with Crippen molar-refractivity contribution in [2.75, 3.05) is 20.2 Å². The topological polar surface area (TPSA) is 67.2 Å². The van der Waals surface area contributed by atoms with Crippen LogP contribution in [-0.4, -0.2) is 47.4 Å². The summed E-state index contributed by atoms with van der Waals surface area (Å²) in [6.45, 7) is 1.60. The summed E-state index contributed by atoms with van der Waals surface area (Å²) in [6, 6.07) is 1.17. The number of nitrogens with one attached hydrogen (secondary N) is 1. The van der Waals surface area contributed by atoms with Gasteiger partial charge in [-0.25, -0.2) is 0 Å². The molecule has 2 rings (SSSR count). The zero-order valence-electron chi connectivity index (χ0n) is 11.7. The number of nitrogens with zero attached hydrogens (tertiary/aromatic N) is 2. The second kappa shape index (κ2) is 7.44. The van der Waals surface area contributed by atoms with Crippen LogP contribution in [-0.2, 0) is 17.5 Å². The third kappa shape index (κ3) is 4.57. The van der Waals surface area contributed by atoms with E-state index < -0.39 is 11.9 Å². The summed E-state index contributed by atoms with van der Waals surface area (Å²) in [5.41, 5.74) is 5.30. The van der Waals surface area contributed by atoms with Gasteiger partial charge in [0.2, 0.25) is 0 Å². The Labute approximate surface area is 127 Å². The summed E-state index contributed by atoms with van der Waals surface area (Å²) in [7, 11) is 1.67. The van der Waals surface area contributed by atoms with Crippen LogP contribution in [0.25, 0.3) is 0 Å². The van der Waals surface area contributed by atoms with Gasteiger partial charge < -0.3 is 10.5 Å². The Balaban J connectivity index is 0.00000220. The normalized spacial score (nSPS) is 23.9. The Morgan fingerprint density at radius 1 is 1.52 bits per heavy atom. The van der Waals surface area contributed by atoms with Crippen molar-refractivity contribution in [2.45, 2.75) is 37.7 Å². The maximum Gasteiger partial charge on any atom is 0.435 e. The van der Waals surface area contributed by atoms with Gasteiger partial charge in [-0.05, 0) is 18.9 Å². The third-order valence-electron chi connectivity index (χ3n) is 3.69. The Hall–Kier alpha value is -0.830. The molecule has 1 aromatic heterocycles. The van der Waals surface area contributed by atoms with E-state index in [2.05, 4.69) is 15.1 Å². The average molecular weight is 329 g/mol. The Morgan fingerprint density at radius 2 is 2.24 bits per heavy atom. The predicted molar refractivity (Wildman–Crippen MR) is 74.1 cm³/mol. The number of nitrogens with two attached hydrogens (primary N) is 1. The molecule has 0 radical (unpaired) electrons. The van der Waals surface area contributed by atoms with E-state index >= 15 is 0 Å². The molecule has 0 spiro atoms. The van der Waals surface area contributed by atoms with Crippen molar-refractivity contribution in [3.8, 4) is 0 Å². The van der Waals surface area contributed by atoms with Crippen LogP contribution >= 0.6 is 12.4 Å². The van der Waals surface area contributed by atoms with E-state index in [1.807, 2.05) is 0 Å². The van der Waals surface area contributed by atoms with E-state index in [-0.39, 0.29) is 24.6 Å². The van der Waals surface area contributed by atoms with Crippen molar-refractivity contribution in [1.82, 2.24) is 15.1 Å². The van der Waals surface area contributed by atoms with E-state index in [0.717, 1.165) is 25.5 Å². The summed E-state index contributed by atoms with van der Waals surface area (Å²) in [5, 5.41) is 5.75. The highest BCUT2D eigenvalue weighted by molar-refractivity contribution is 5.85. The van der Waals surface area contributed by atoms with Gasteiger partial charge >= 0.3 is 6.18 Å². The van der Waals surface area contributed by atoms with Crippen molar-refractivity contribution in [1.29, 1.82) is 0 Å². The van der Waals surface area contributed by atoms with Gasteiger partial charge in [0.15, 0.2) is 5.69 Å². The molecule has 9 heteroatoms. The fraction of sp³-hybridized carbons (Fsp3) is 0.750.